The summed E-state index contributed by atoms with van der Waals surface area (Å²) in [5.41, 5.74) is -0.548. The number of hydrogen-bond donors (Lipinski definition) is 3. The number of methoxy groups -OCH3 is 1. The van der Waals surface area contributed by atoms with Crippen LogP contribution in [0.25, 0.3) is 0 Å². The molecule has 6 nitrogen and oxygen atoms in total. The van der Waals surface area contributed by atoms with Gasteiger partial charge in [0.2, 0.25) is 0 Å². The second-order valence-electron chi connectivity index (χ2n) is 6.09. The van der Waals surface area contributed by atoms with Crippen LogP contribution in [0.4, 0.5) is 13.2 Å². The highest BCUT2D eigenvalue weighted by atomic mass is 35.5. The van der Waals surface area contributed by atoms with Gasteiger partial charge in [-0.2, -0.15) is 13.2 Å². The maximum atomic E-state index is 12.6. The lowest BCUT2D eigenvalue weighted by molar-refractivity contribution is -0.143. The van der Waals surface area contributed by atoms with Crippen LogP contribution in [0.2, 0.25) is 5.02 Å². The van der Waals surface area contributed by atoms with Gasteiger partial charge in [-0.05, 0) is 35.4 Å². The number of carbonyl (C=O) groups excluding carboxylic acids is 1. The summed E-state index contributed by atoms with van der Waals surface area (Å²) in [5.74, 6) is -2.02. The summed E-state index contributed by atoms with van der Waals surface area (Å²) in [4.78, 5) is 23.7. The van der Waals surface area contributed by atoms with Crippen LogP contribution < -0.4 is 10.1 Å². The molecule has 0 unspecified atom stereocenters. The summed E-state index contributed by atoms with van der Waals surface area (Å²) in [6.07, 6.45) is -6.52. The van der Waals surface area contributed by atoms with Crippen LogP contribution in [-0.2, 0) is 22.2 Å². The van der Waals surface area contributed by atoms with E-state index in [2.05, 4.69) is 5.32 Å². The molecule has 1 amide bonds. The second kappa shape index (κ2) is 9.15. The number of hydrogen-bond acceptors (Lipinski definition) is 4. The van der Waals surface area contributed by atoms with Gasteiger partial charge in [0.25, 0.3) is 5.91 Å². The van der Waals surface area contributed by atoms with E-state index in [9.17, 15) is 33.0 Å². The molecule has 156 valence electrons. The molecule has 0 aliphatic heterocycles. The fourth-order valence-corrected chi connectivity index (χ4v) is 2.81. The normalized spacial score (nSPS) is 13.4. The van der Waals surface area contributed by atoms with Crippen LogP contribution in [-0.4, -0.2) is 35.2 Å². The minimum absolute atomic E-state index is 0.105. The van der Waals surface area contributed by atoms with Gasteiger partial charge in [-0.3, -0.25) is 4.79 Å². The third-order valence-corrected chi connectivity index (χ3v) is 4.37. The highest BCUT2D eigenvalue weighted by molar-refractivity contribution is 6.32. The smallest absolute Gasteiger partial charge is 0.416 e. The van der Waals surface area contributed by atoms with Crippen LogP contribution in [0, 0.1) is 0 Å². The minimum Gasteiger partial charge on any atom is -0.495 e. The van der Waals surface area contributed by atoms with E-state index in [1.807, 2.05) is 0 Å². The van der Waals surface area contributed by atoms with Gasteiger partial charge in [0.15, 0.2) is 6.10 Å². The van der Waals surface area contributed by atoms with Gasteiger partial charge in [-0.15, -0.1) is 0 Å². The molecule has 2 aromatic rings. The number of carbonyl (C=O) groups is 2. The monoisotopic (exact) mass is 431 g/mol. The van der Waals surface area contributed by atoms with Crippen molar-refractivity contribution in [1.82, 2.24) is 5.32 Å². The van der Waals surface area contributed by atoms with Crippen LogP contribution in [0.15, 0.2) is 42.5 Å². The van der Waals surface area contributed by atoms with Crippen molar-refractivity contribution in [3.8, 4) is 5.75 Å². The van der Waals surface area contributed by atoms with Crippen LogP contribution in [0.1, 0.15) is 22.8 Å². The van der Waals surface area contributed by atoms with Crippen molar-refractivity contribution >= 4 is 23.5 Å². The van der Waals surface area contributed by atoms with Crippen molar-refractivity contribution < 1.29 is 37.7 Å². The Balaban J connectivity index is 2.10. The van der Waals surface area contributed by atoms with Crippen molar-refractivity contribution in [2.24, 2.45) is 0 Å². The predicted octanol–water partition coefficient (Wildman–Crippen LogP) is 3.21. The Bertz CT molecular complexity index is 886. The van der Waals surface area contributed by atoms with Crippen molar-refractivity contribution in [3.05, 3.63) is 64.2 Å². The number of nitrogens with one attached hydrogen (secondary N) is 1. The maximum absolute atomic E-state index is 12.6. The molecule has 10 heteroatoms. The molecule has 0 heterocycles. The number of amides is 1. The number of rotatable bonds is 7. The summed E-state index contributed by atoms with van der Waals surface area (Å²) in [6.45, 7) is 0. The molecule has 29 heavy (non-hydrogen) atoms. The minimum atomic E-state index is -4.56. The number of ether oxygens (including phenoxy) is 1. The molecule has 2 rings (SSSR count). The Hall–Kier alpha value is -2.78. The van der Waals surface area contributed by atoms with E-state index in [1.165, 1.54) is 19.2 Å². The van der Waals surface area contributed by atoms with E-state index in [0.29, 0.717) is 11.3 Å². The molecule has 2 aromatic carbocycles. The van der Waals surface area contributed by atoms with Crippen molar-refractivity contribution in [1.29, 1.82) is 0 Å². The molecule has 0 spiro atoms. The molecule has 3 N–H and O–H groups in total. The standard InChI is InChI=1S/C19H17ClF3NO5/c1-29-15-7-2-10(8-13(15)20)9-14(18(27)28)24-17(26)16(25)11-3-5-12(6-4-11)19(21,22)23/h2-8,14,16,25H,9H2,1H3,(H,24,26)(H,27,28)/t14-,16+/m1/s1. The van der Waals surface area contributed by atoms with E-state index in [4.69, 9.17) is 16.3 Å². The molecule has 0 saturated carbocycles. The van der Waals surface area contributed by atoms with Crippen molar-refractivity contribution in [3.63, 3.8) is 0 Å². The molecule has 0 aliphatic rings. The van der Waals surface area contributed by atoms with Crippen molar-refractivity contribution in [2.75, 3.05) is 7.11 Å². The summed E-state index contributed by atoms with van der Waals surface area (Å²) in [6, 6.07) is 6.54. The fraction of sp³-hybridized carbons (Fsp3) is 0.263. The first-order chi connectivity index (χ1) is 13.5. The fourth-order valence-electron chi connectivity index (χ4n) is 2.53. The zero-order chi connectivity index (χ0) is 21.8. The molecule has 0 aliphatic carbocycles. The lowest BCUT2D eigenvalue weighted by Gasteiger charge is -2.18. The highest BCUT2D eigenvalue weighted by Gasteiger charge is 2.31. The summed E-state index contributed by atoms with van der Waals surface area (Å²) < 4.78 is 42.8. The van der Waals surface area contributed by atoms with E-state index >= 15 is 0 Å². The van der Waals surface area contributed by atoms with Gasteiger partial charge in [0, 0.05) is 6.42 Å². The number of aliphatic hydroxyl groups is 1. The quantitative estimate of drug-likeness (QED) is 0.625. The van der Waals surface area contributed by atoms with Gasteiger partial charge < -0.3 is 20.3 Å². The summed E-state index contributed by atoms with van der Waals surface area (Å²) in [5, 5.41) is 21.8. The first-order valence-corrected chi connectivity index (χ1v) is 8.61. The number of benzene rings is 2. The molecule has 0 fully saturated rings. The number of carboxylic acids is 1. The molecular formula is C19H17ClF3NO5. The average Bonchev–Trinajstić information content (AvgIpc) is 2.66. The number of aliphatic carboxylic acids is 1. The molecule has 0 aromatic heterocycles. The Morgan fingerprint density at radius 3 is 2.28 bits per heavy atom. The van der Waals surface area contributed by atoms with Gasteiger partial charge in [-0.25, -0.2) is 4.79 Å². The van der Waals surface area contributed by atoms with Gasteiger partial charge in [-0.1, -0.05) is 29.8 Å². The van der Waals surface area contributed by atoms with E-state index in [0.717, 1.165) is 24.3 Å². The highest BCUT2D eigenvalue weighted by Crippen LogP contribution is 2.30. The molecule has 0 bridgehead atoms. The van der Waals surface area contributed by atoms with Crippen LogP contribution in [0.3, 0.4) is 0 Å². The first-order valence-electron chi connectivity index (χ1n) is 8.23. The third-order valence-electron chi connectivity index (χ3n) is 4.07. The third kappa shape index (κ3) is 5.85. The van der Waals surface area contributed by atoms with Gasteiger partial charge in [0.1, 0.15) is 11.8 Å². The molecule has 2 atom stereocenters. The Morgan fingerprint density at radius 1 is 1.17 bits per heavy atom. The number of alkyl halides is 3. The van der Waals surface area contributed by atoms with E-state index in [-0.39, 0.29) is 17.0 Å². The van der Waals surface area contributed by atoms with Gasteiger partial charge in [0.05, 0.1) is 17.7 Å². The number of halogens is 4. The molecule has 0 radical (unpaired) electrons. The zero-order valence-electron chi connectivity index (χ0n) is 15.0. The maximum Gasteiger partial charge on any atom is 0.416 e. The van der Waals surface area contributed by atoms with Crippen LogP contribution >= 0.6 is 11.6 Å². The summed E-state index contributed by atoms with van der Waals surface area (Å²) in [7, 11) is 1.42. The predicted molar refractivity (Wildman–Crippen MR) is 97.7 cm³/mol. The number of carboxylic acid groups (broad SMARTS) is 1. The Labute approximate surface area is 168 Å². The summed E-state index contributed by atoms with van der Waals surface area (Å²) >= 11 is 5.99. The Morgan fingerprint density at radius 2 is 1.79 bits per heavy atom. The average molecular weight is 432 g/mol. The topological polar surface area (TPSA) is 95.9 Å². The van der Waals surface area contributed by atoms with E-state index in [1.54, 1.807) is 6.07 Å². The Kier molecular flexibility index (Phi) is 7.10. The lowest BCUT2D eigenvalue weighted by Crippen LogP contribution is -2.44. The first kappa shape index (κ1) is 22.5. The zero-order valence-corrected chi connectivity index (χ0v) is 15.8. The molecular weight excluding hydrogens is 415 g/mol. The molecule has 0 saturated heterocycles. The largest absolute Gasteiger partial charge is 0.495 e. The number of aliphatic hydroxyl groups excluding tert-OH is 1. The SMILES string of the molecule is COc1ccc(C[C@@H](NC(=O)[C@@H](O)c2ccc(C(F)(F)F)cc2)C(=O)O)cc1Cl. The van der Waals surface area contributed by atoms with Gasteiger partial charge >= 0.3 is 12.1 Å². The van der Waals surface area contributed by atoms with Crippen molar-refractivity contribution in [2.45, 2.75) is 24.7 Å². The van der Waals surface area contributed by atoms with Crippen LogP contribution in [0.5, 0.6) is 5.75 Å². The van der Waals surface area contributed by atoms with E-state index < -0.39 is 35.8 Å². The lowest BCUT2D eigenvalue weighted by atomic mass is 10.0. The second-order valence-corrected chi connectivity index (χ2v) is 6.50.